The summed E-state index contributed by atoms with van der Waals surface area (Å²) in [4.78, 5) is 0. The first kappa shape index (κ1) is 47.3. The average molecular weight is 1060 g/mol. The molecular weight excluding hydrogens is 1000 g/mol. The maximum atomic E-state index is 2.51. The highest BCUT2D eigenvalue weighted by molar-refractivity contribution is 6.13. The van der Waals surface area contributed by atoms with Gasteiger partial charge in [-0.05, 0) is 162 Å². The predicted molar refractivity (Wildman–Crippen MR) is 352 cm³/mol. The zero-order valence-corrected chi connectivity index (χ0v) is 45.7. The maximum absolute atomic E-state index is 2.51. The molecule has 2 aliphatic rings. The molecule has 2 heterocycles. The Hall–Kier alpha value is -10.5. The Morgan fingerprint density at radius 3 is 1.19 bits per heavy atom. The zero-order chi connectivity index (χ0) is 54.6. The van der Waals surface area contributed by atoms with Crippen molar-refractivity contribution in [1.82, 2.24) is 9.13 Å². The maximum Gasteiger partial charge on any atom is 0.0541 e. The summed E-state index contributed by atoms with van der Waals surface area (Å²) in [5, 5.41) is 10.0. The third kappa shape index (κ3) is 7.50. The van der Waals surface area contributed by atoms with Crippen LogP contribution in [0.25, 0.3) is 134 Å². The number of hydrogen-bond donors (Lipinski definition) is 0. The second-order valence-corrected chi connectivity index (χ2v) is 22.7. The molecule has 0 radical (unpaired) electrons. The number of rotatable bonds is 8. The molecule has 0 amide bonds. The molecule has 17 rings (SSSR count). The molecule has 0 N–H and O–H groups in total. The van der Waals surface area contributed by atoms with Gasteiger partial charge in [-0.2, -0.15) is 0 Å². The molecule has 2 aliphatic carbocycles. The van der Waals surface area contributed by atoms with Gasteiger partial charge in [0.05, 0.1) is 33.4 Å². The van der Waals surface area contributed by atoms with E-state index < -0.39 is 0 Å². The summed E-state index contributed by atoms with van der Waals surface area (Å²) in [6.45, 7) is 0. The van der Waals surface area contributed by atoms with Crippen molar-refractivity contribution in [3.63, 3.8) is 0 Å². The number of para-hydroxylation sites is 2. The molecule has 13 aromatic carbocycles. The van der Waals surface area contributed by atoms with Crippen molar-refractivity contribution in [3.8, 4) is 44.8 Å². The summed E-state index contributed by atoms with van der Waals surface area (Å²) in [7, 11) is 0. The fraction of sp³-hybridized carbons (Fsp3) is 0.0370. The van der Waals surface area contributed by atoms with Crippen molar-refractivity contribution in [2.24, 2.45) is 0 Å². The van der Waals surface area contributed by atoms with E-state index in [0.717, 1.165) is 12.8 Å². The van der Waals surface area contributed by atoms with Gasteiger partial charge in [0.25, 0.3) is 0 Å². The SMILES string of the molecule is C(=Cc1ccc2c(c1)c1ccccc1n2-c1cccc2ccccc12)c1ccc(-c2ccc3c(c2)C2(CCc4ccccc42)c2cc(-c4ccc(C=Cc5ccc6c(c5)c5ccccc5n6-c5cccc6ccccc56)cc4)ccc2-3)cc1. The van der Waals surface area contributed by atoms with Crippen molar-refractivity contribution in [3.05, 3.63) is 324 Å². The first-order chi connectivity index (χ1) is 41.1. The van der Waals surface area contributed by atoms with Crippen molar-refractivity contribution in [1.29, 1.82) is 0 Å². The summed E-state index contributed by atoms with van der Waals surface area (Å²) in [5.74, 6) is 0. The third-order valence-electron chi connectivity index (χ3n) is 18.3. The second-order valence-electron chi connectivity index (χ2n) is 22.7. The molecule has 2 nitrogen and oxygen atoms in total. The van der Waals surface area contributed by atoms with Crippen molar-refractivity contribution < 1.29 is 0 Å². The Bertz CT molecular complexity index is 4880. The monoisotopic (exact) mass is 1050 g/mol. The highest BCUT2D eigenvalue weighted by Crippen LogP contribution is 2.59. The smallest absolute Gasteiger partial charge is 0.0541 e. The molecule has 0 unspecified atom stereocenters. The minimum absolute atomic E-state index is 0.219. The van der Waals surface area contributed by atoms with Crippen molar-refractivity contribution in [2.45, 2.75) is 18.3 Å². The average Bonchev–Trinajstić information content (AvgIpc) is 1.86. The van der Waals surface area contributed by atoms with E-state index in [2.05, 4.69) is 312 Å². The number of aromatic nitrogens is 2. The number of aryl methyl sites for hydroxylation is 1. The topological polar surface area (TPSA) is 9.86 Å². The molecular formula is C81H54N2. The van der Waals surface area contributed by atoms with E-state index in [1.807, 2.05) is 0 Å². The number of hydrogen-bond acceptors (Lipinski definition) is 0. The Labute approximate surface area is 482 Å². The minimum atomic E-state index is -0.219. The van der Waals surface area contributed by atoms with Gasteiger partial charge >= 0.3 is 0 Å². The Morgan fingerprint density at radius 1 is 0.277 bits per heavy atom. The predicted octanol–water partition coefficient (Wildman–Crippen LogP) is 21.1. The Balaban J connectivity index is 0.652. The van der Waals surface area contributed by atoms with Crippen LogP contribution in [0, 0.1) is 0 Å². The van der Waals surface area contributed by atoms with Crippen LogP contribution in [0.4, 0.5) is 0 Å². The van der Waals surface area contributed by atoms with E-state index in [1.165, 1.54) is 154 Å². The van der Waals surface area contributed by atoms with E-state index in [-0.39, 0.29) is 5.41 Å². The van der Waals surface area contributed by atoms with E-state index >= 15 is 0 Å². The molecule has 0 saturated heterocycles. The van der Waals surface area contributed by atoms with E-state index in [0.29, 0.717) is 0 Å². The normalized spacial score (nSPS) is 14.6. The van der Waals surface area contributed by atoms with Gasteiger partial charge in [0, 0.05) is 37.7 Å². The van der Waals surface area contributed by atoms with Crippen LogP contribution in [-0.2, 0) is 11.8 Å². The number of nitrogens with zero attached hydrogens (tertiary/aromatic N) is 2. The quantitative estimate of drug-likeness (QED) is 0.134. The molecule has 1 spiro atoms. The van der Waals surface area contributed by atoms with Crippen LogP contribution >= 0.6 is 0 Å². The standard InChI is InChI=1S/C81H54N2/c1-4-18-64-59(13-1)16-11-25-75(64)82-77-23-9-6-20-68(77)70-49-55(35-45-79(70)82)29-27-53-31-37-57(38-32-53)62-41-43-66-67-44-42-63(52-74(67)81(73(66)51-62)48-47-61-15-3-8-22-72(61)81)58-39-33-54(34-40-58)28-30-56-36-46-80-71(50-56)69-21-7-10-24-78(69)83(80)76-26-12-17-60-14-2-5-19-65(60)76/h1-46,49-52H,47-48H2. The van der Waals surface area contributed by atoms with Crippen molar-refractivity contribution >= 4 is 89.5 Å². The van der Waals surface area contributed by atoms with Crippen LogP contribution in [-0.4, -0.2) is 9.13 Å². The fourth-order valence-corrected chi connectivity index (χ4v) is 14.4. The lowest BCUT2D eigenvalue weighted by molar-refractivity contribution is 0.626. The summed E-state index contributed by atoms with van der Waals surface area (Å²) in [5.41, 5.74) is 25.2. The first-order valence-electron chi connectivity index (χ1n) is 29.1. The lowest BCUT2D eigenvalue weighted by atomic mass is 9.72. The van der Waals surface area contributed by atoms with Gasteiger partial charge in [-0.3, -0.25) is 0 Å². The van der Waals surface area contributed by atoms with Crippen LogP contribution in [0.2, 0.25) is 0 Å². The van der Waals surface area contributed by atoms with Gasteiger partial charge in [0.1, 0.15) is 0 Å². The summed E-state index contributed by atoms with van der Waals surface area (Å²) >= 11 is 0. The molecule has 2 heteroatoms. The van der Waals surface area contributed by atoms with E-state index in [1.54, 1.807) is 0 Å². The van der Waals surface area contributed by atoms with E-state index in [9.17, 15) is 0 Å². The molecule has 0 aliphatic heterocycles. The highest BCUT2D eigenvalue weighted by atomic mass is 15.0. The molecule has 0 fully saturated rings. The first-order valence-corrected chi connectivity index (χ1v) is 29.1. The molecule has 83 heavy (non-hydrogen) atoms. The van der Waals surface area contributed by atoms with Crippen LogP contribution in [0.5, 0.6) is 0 Å². The van der Waals surface area contributed by atoms with Crippen molar-refractivity contribution in [2.75, 3.05) is 0 Å². The van der Waals surface area contributed by atoms with Gasteiger partial charge in [0.15, 0.2) is 0 Å². The molecule has 15 aromatic rings. The van der Waals surface area contributed by atoms with Gasteiger partial charge in [-0.15, -0.1) is 0 Å². The molecule has 2 aromatic heterocycles. The van der Waals surface area contributed by atoms with E-state index in [4.69, 9.17) is 0 Å². The van der Waals surface area contributed by atoms with Crippen LogP contribution in [0.3, 0.4) is 0 Å². The third-order valence-corrected chi connectivity index (χ3v) is 18.3. The molecule has 0 atom stereocenters. The molecule has 0 bridgehead atoms. The highest BCUT2D eigenvalue weighted by Gasteiger charge is 2.48. The number of fused-ring (bicyclic) bond motifs is 15. The summed E-state index contributed by atoms with van der Waals surface area (Å²) in [6, 6.07) is 104. The van der Waals surface area contributed by atoms with Gasteiger partial charge in [-0.25, -0.2) is 0 Å². The minimum Gasteiger partial charge on any atom is -0.309 e. The lowest BCUT2D eigenvalue weighted by Crippen LogP contribution is -2.23. The van der Waals surface area contributed by atoms with Gasteiger partial charge in [0.2, 0.25) is 0 Å². The molecule has 0 saturated carbocycles. The van der Waals surface area contributed by atoms with Crippen LogP contribution in [0.1, 0.15) is 50.9 Å². The Kier molecular flexibility index (Phi) is 10.7. The second kappa shape index (κ2) is 18.8. The largest absolute Gasteiger partial charge is 0.309 e. The number of benzene rings is 13. The summed E-state index contributed by atoms with van der Waals surface area (Å²) in [6.07, 6.45) is 11.1. The van der Waals surface area contributed by atoms with Gasteiger partial charge < -0.3 is 9.13 Å². The van der Waals surface area contributed by atoms with Crippen LogP contribution < -0.4 is 0 Å². The van der Waals surface area contributed by atoms with Gasteiger partial charge in [-0.1, -0.05) is 243 Å². The van der Waals surface area contributed by atoms with Crippen LogP contribution in [0.15, 0.2) is 279 Å². The lowest BCUT2D eigenvalue weighted by Gasteiger charge is -2.29. The summed E-state index contributed by atoms with van der Waals surface area (Å²) < 4.78 is 4.85. The fourth-order valence-electron chi connectivity index (χ4n) is 14.4. The zero-order valence-electron chi connectivity index (χ0n) is 45.7. The Morgan fingerprint density at radius 2 is 0.675 bits per heavy atom. The molecule has 388 valence electrons.